The Morgan fingerprint density at radius 1 is 1.20 bits per heavy atom. The fourth-order valence-electron chi connectivity index (χ4n) is 2.40. The first-order valence-corrected chi connectivity index (χ1v) is 7.44. The average Bonchev–Trinajstić information content (AvgIpc) is 3.21. The molecule has 106 valence electrons. The van der Waals surface area contributed by atoms with Crippen molar-refractivity contribution in [3.8, 4) is 0 Å². The number of hydrogen-bond acceptors (Lipinski definition) is 4. The van der Waals surface area contributed by atoms with Gasteiger partial charge in [0, 0.05) is 12.5 Å². The highest BCUT2D eigenvalue weighted by Gasteiger charge is 2.28. The van der Waals surface area contributed by atoms with Crippen LogP contribution in [-0.4, -0.2) is 21.6 Å². The van der Waals surface area contributed by atoms with Crippen LogP contribution in [0.4, 0.5) is 0 Å². The van der Waals surface area contributed by atoms with E-state index in [1.165, 1.54) is 18.4 Å². The molecule has 0 aliphatic heterocycles. The molecule has 0 bridgehead atoms. The van der Waals surface area contributed by atoms with Crippen LogP contribution in [0.1, 0.15) is 49.4 Å². The summed E-state index contributed by atoms with van der Waals surface area (Å²) in [6.07, 6.45) is 3.54. The van der Waals surface area contributed by atoms with Gasteiger partial charge >= 0.3 is 0 Å². The van der Waals surface area contributed by atoms with E-state index in [-0.39, 0.29) is 0 Å². The number of rotatable bonds is 7. The van der Waals surface area contributed by atoms with Crippen molar-refractivity contribution >= 4 is 0 Å². The van der Waals surface area contributed by atoms with Crippen LogP contribution in [0.25, 0.3) is 0 Å². The summed E-state index contributed by atoms with van der Waals surface area (Å²) in [6, 6.07) is 10.5. The third-order valence-corrected chi connectivity index (χ3v) is 3.57. The first-order valence-electron chi connectivity index (χ1n) is 7.44. The molecular weight excluding hydrogens is 250 g/mol. The predicted octanol–water partition coefficient (Wildman–Crippen LogP) is 3.36. The van der Waals surface area contributed by atoms with Gasteiger partial charge in [-0.05, 0) is 31.4 Å². The van der Waals surface area contributed by atoms with E-state index < -0.39 is 0 Å². The second-order valence-electron chi connectivity index (χ2n) is 5.52. The summed E-state index contributed by atoms with van der Waals surface area (Å²) in [6.45, 7) is 4.90. The minimum absolute atomic E-state index is 0.557. The van der Waals surface area contributed by atoms with Gasteiger partial charge in [0.15, 0.2) is 5.82 Å². The van der Waals surface area contributed by atoms with Gasteiger partial charge < -0.3 is 4.52 Å². The summed E-state index contributed by atoms with van der Waals surface area (Å²) in [5.74, 6) is 2.20. The Kier molecular flexibility index (Phi) is 4.11. The van der Waals surface area contributed by atoms with E-state index in [0.29, 0.717) is 5.92 Å². The summed E-state index contributed by atoms with van der Waals surface area (Å²) in [7, 11) is 0. The zero-order valence-electron chi connectivity index (χ0n) is 12.0. The Morgan fingerprint density at radius 3 is 2.70 bits per heavy atom. The van der Waals surface area contributed by atoms with Gasteiger partial charge in [-0.1, -0.05) is 42.4 Å². The first-order chi connectivity index (χ1) is 9.85. The Labute approximate surface area is 119 Å². The normalized spacial score (nSPS) is 14.9. The minimum atomic E-state index is 0.557. The molecule has 1 fully saturated rings. The van der Waals surface area contributed by atoms with Gasteiger partial charge in [-0.2, -0.15) is 4.98 Å². The van der Waals surface area contributed by atoms with Crippen LogP contribution < -0.4 is 0 Å². The maximum Gasteiger partial charge on any atom is 0.240 e. The summed E-state index contributed by atoms with van der Waals surface area (Å²) in [5.41, 5.74) is 1.32. The van der Waals surface area contributed by atoms with Gasteiger partial charge in [0.1, 0.15) is 0 Å². The minimum Gasteiger partial charge on any atom is -0.338 e. The molecule has 1 aliphatic carbocycles. The van der Waals surface area contributed by atoms with Gasteiger partial charge in [0.25, 0.3) is 0 Å². The molecule has 0 radical (unpaired) electrons. The van der Waals surface area contributed by atoms with Gasteiger partial charge in [-0.15, -0.1) is 0 Å². The SMILES string of the molecule is CCCN(Cc1ccccc1)Cc1nc(C2CC2)no1. The summed E-state index contributed by atoms with van der Waals surface area (Å²) < 4.78 is 5.38. The number of nitrogens with zero attached hydrogens (tertiary/aromatic N) is 3. The standard InChI is InChI=1S/C16H21N3O/c1-2-10-19(11-13-6-4-3-5-7-13)12-15-17-16(18-20-15)14-8-9-14/h3-7,14H,2,8-12H2,1H3. The number of aromatic nitrogens is 2. The van der Waals surface area contributed by atoms with Gasteiger partial charge in [0.2, 0.25) is 5.89 Å². The lowest BCUT2D eigenvalue weighted by atomic mass is 10.2. The molecule has 1 saturated carbocycles. The lowest BCUT2D eigenvalue weighted by Crippen LogP contribution is -2.23. The molecule has 0 spiro atoms. The van der Waals surface area contributed by atoms with Crippen LogP contribution in [0, 0.1) is 0 Å². The predicted molar refractivity (Wildman–Crippen MR) is 77.1 cm³/mol. The molecular formula is C16H21N3O. The van der Waals surface area contributed by atoms with E-state index in [9.17, 15) is 0 Å². The van der Waals surface area contributed by atoms with Crippen molar-refractivity contribution in [1.82, 2.24) is 15.0 Å². The largest absolute Gasteiger partial charge is 0.338 e. The molecule has 1 aliphatic rings. The van der Waals surface area contributed by atoms with E-state index in [1.54, 1.807) is 0 Å². The highest BCUT2D eigenvalue weighted by atomic mass is 16.5. The molecule has 3 rings (SSSR count). The maximum atomic E-state index is 5.38. The molecule has 0 atom stereocenters. The van der Waals surface area contributed by atoms with Crippen LogP contribution in [0.15, 0.2) is 34.9 Å². The van der Waals surface area contributed by atoms with E-state index >= 15 is 0 Å². The molecule has 0 unspecified atom stereocenters. The fraction of sp³-hybridized carbons (Fsp3) is 0.500. The Hall–Kier alpha value is -1.68. The molecule has 0 saturated heterocycles. The van der Waals surface area contributed by atoms with Crippen LogP contribution in [-0.2, 0) is 13.1 Å². The maximum absolute atomic E-state index is 5.38. The van der Waals surface area contributed by atoms with Crippen molar-refractivity contribution in [1.29, 1.82) is 0 Å². The lowest BCUT2D eigenvalue weighted by Gasteiger charge is -2.19. The summed E-state index contributed by atoms with van der Waals surface area (Å²) >= 11 is 0. The Morgan fingerprint density at radius 2 is 2.00 bits per heavy atom. The van der Waals surface area contributed by atoms with E-state index in [4.69, 9.17) is 4.52 Å². The molecule has 4 nitrogen and oxygen atoms in total. The van der Waals surface area contributed by atoms with Crippen LogP contribution >= 0.6 is 0 Å². The smallest absolute Gasteiger partial charge is 0.240 e. The van der Waals surface area contributed by atoms with Crippen LogP contribution in [0.3, 0.4) is 0 Å². The highest BCUT2D eigenvalue weighted by Crippen LogP contribution is 2.38. The highest BCUT2D eigenvalue weighted by molar-refractivity contribution is 5.14. The molecule has 2 aromatic rings. The van der Waals surface area contributed by atoms with E-state index in [1.807, 2.05) is 6.07 Å². The van der Waals surface area contributed by atoms with Gasteiger partial charge in [-0.3, -0.25) is 4.90 Å². The number of benzene rings is 1. The molecule has 1 aromatic heterocycles. The summed E-state index contributed by atoms with van der Waals surface area (Å²) in [4.78, 5) is 6.88. The fourth-order valence-corrected chi connectivity index (χ4v) is 2.40. The van der Waals surface area contributed by atoms with Crippen molar-refractivity contribution < 1.29 is 4.52 Å². The van der Waals surface area contributed by atoms with Crippen molar-refractivity contribution in [2.75, 3.05) is 6.54 Å². The molecule has 20 heavy (non-hydrogen) atoms. The zero-order chi connectivity index (χ0) is 13.8. The Bertz CT molecular complexity index is 534. The third kappa shape index (κ3) is 3.45. The lowest BCUT2D eigenvalue weighted by molar-refractivity contribution is 0.219. The molecule has 1 heterocycles. The van der Waals surface area contributed by atoms with Crippen molar-refractivity contribution in [2.24, 2.45) is 0 Å². The second kappa shape index (κ2) is 6.18. The average molecular weight is 271 g/mol. The van der Waals surface area contributed by atoms with E-state index in [2.05, 4.69) is 46.2 Å². The quantitative estimate of drug-likeness (QED) is 0.774. The van der Waals surface area contributed by atoms with Crippen LogP contribution in [0.5, 0.6) is 0 Å². The van der Waals surface area contributed by atoms with Crippen molar-refractivity contribution in [2.45, 2.75) is 45.2 Å². The Balaban J connectivity index is 1.63. The first kappa shape index (κ1) is 13.3. The monoisotopic (exact) mass is 271 g/mol. The summed E-state index contributed by atoms with van der Waals surface area (Å²) in [5, 5.41) is 4.09. The van der Waals surface area contributed by atoms with Crippen molar-refractivity contribution in [3.63, 3.8) is 0 Å². The zero-order valence-corrected chi connectivity index (χ0v) is 12.0. The topological polar surface area (TPSA) is 42.2 Å². The second-order valence-corrected chi connectivity index (χ2v) is 5.52. The third-order valence-electron chi connectivity index (χ3n) is 3.57. The van der Waals surface area contributed by atoms with E-state index in [0.717, 1.165) is 37.8 Å². The van der Waals surface area contributed by atoms with Gasteiger partial charge in [-0.25, -0.2) is 0 Å². The van der Waals surface area contributed by atoms with Crippen LogP contribution in [0.2, 0.25) is 0 Å². The molecule has 0 amide bonds. The van der Waals surface area contributed by atoms with Crippen molar-refractivity contribution in [3.05, 3.63) is 47.6 Å². The van der Waals surface area contributed by atoms with Gasteiger partial charge in [0.05, 0.1) is 6.54 Å². The molecule has 4 heteroatoms. The molecule has 0 N–H and O–H groups in total. The number of hydrogen-bond donors (Lipinski definition) is 0. The molecule has 1 aromatic carbocycles.